The first-order valence-corrected chi connectivity index (χ1v) is 11.9. The van der Waals surface area contributed by atoms with E-state index in [9.17, 15) is 9.90 Å². The van der Waals surface area contributed by atoms with Crippen molar-refractivity contribution in [2.45, 2.75) is 57.6 Å². The van der Waals surface area contributed by atoms with Crippen molar-refractivity contribution < 1.29 is 19.4 Å². The molecule has 6 nitrogen and oxygen atoms in total. The van der Waals surface area contributed by atoms with Gasteiger partial charge in [-0.25, -0.2) is 0 Å². The Bertz CT molecular complexity index is 987. The minimum atomic E-state index is -0.700. The molecule has 0 spiro atoms. The van der Waals surface area contributed by atoms with Gasteiger partial charge in [0.25, 0.3) is 0 Å². The van der Waals surface area contributed by atoms with Gasteiger partial charge >= 0.3 is 0 Å². The van der Waals surface area contributed by atoms with Crippen molar-refractivity contribution >= 4 is 11.6 Å². The van der Waals surface area contributed by atoms with E-state index in [0.717, 1.165) is 59.6 Å². The number of aliphatic hydroxyl groups is 1. The third kappa shape index (κ3) is 5.02. The zero-order valence-corrected chi connectivity index (χ0v) is 20.2. The number of carbonyl (C=O) groups excluding carboxylic acids is 1. The molecule has 1 heterocycles. The molecule has 2 unspecified atom stereocenters. The van der Waals surface area contributed by atoms with Gasteiger partial charge < -0.3 is 19.9 Å². The van der Waals surface area contributed by atoms with Gasteiger partial charge in [-0.3, -0.25) is 9.69 Å². The fraction of sp³-hybridized carbons (Fsp3) is 0.519. The van der Waals surface area contributed by atoms with E-state index in [4.69, 9.17) is 9.47 Å². The summed E-state index contributed by atoms with van der Waals surface area (Å²) in [6.07, 6.45) is 4.57. The number of nitrogens with zero attached hydrogens (tertiary/aromatic N) is 1. The summed E-state index contributed by atoms with van der Waals surface area (Å²) in [7, 11) is 3.30. The van der Waals surface area contributed by atoms with Gasteiger partial charge in [0.1, 0.15) is 11.5 Å². The number of ether oxygens (including phenoxy) is 2. The number of methoxy groups -OCH3 is 2. The van der Waals surface area contributed by atoms with Crippen LogP contribution in [0.5, 0.6) is 11.5 Å². The Kier molecular flexibility index (Phi) is 6.96. The van der Waals surface area contributed by atoms with Crippen molar-refractivity contribution in [2.24, 2.45) is 5.92 Å². The topological polar surface area (TPSA) is 71.0 Å². The molecule has 1 saturated heterocycles. The van der Waals surface area contributed by atoms with E-state index in [1.165, 1.54) is 0 Å². The number of anilines is 1. The van der Waals surface area contributed by atoms with Crippen LogP contribution >= 0.6 is 0 Å². The summed E-state index contributed by atoms with van der Waals surface area (Å²) in [5.74, 6) is 1.47. The third-order valence-electron chi connectivity index (χ3n) is 7.28. The van der Waals surface area contributed by atoms with Crippen LogP contribution < -0.4 is 14.8 Å². The lowest BCUT2D eigenvalue weighted by Crippen LogP contribution is -2.56. The Labute approximate surface area is 196 Å². The number of hydrogen-bond acceptors (Lipinski definition) is 5. The molecule has 6 heteroatoms. The number of fused-ring (bicyclic) bond motifs is 1. The number of hydrogen-bond donors (Lipinski definition) is 2. The second-order valence-electron chi connectivity index (χ2n) is 9.65. The van der Waals surface area contributed by atoms with Crippen LogP contribution in [-0.2, 0) is 4.79 Å². The van der Waals surface area contributed by atoms with E-state index >= 15 is 0 Å². The van der Waals surface area contributed by atoms with Gasteiger partial charge in [0.15, 0.2) is 0 Å². The summed E-state index contributed by atoms with van der Waals surface area (Å²) in [6.45, 7) is 4.99. The van der Waals surface area contributed by atoms with Crippen molar-refractivity contribution in [3.05, 3.63) is 53.1 Å². The SMILES string of the molecule is COc1ccc([C@H]2C3CCCCC3(O)CCN2CC(=O)Nc2cc(C)cc(C)c2)c(OC)c1. The highest BCUT2D eigenvalue weighted by Gasteiger charge is 2.49. The van der Waals surface area contributed by atoms with Crippen LogP contribution in [-0.4, -0.2) is 48.8 Å². The molecule has 1 aliphatic carbocycles. The van der Waals surface area contributed by atoms with E-state index in [1.807, 2.05) is 44.2 Å². The van der Waals surface area contributed by atoms with E-state index in [-0.39, 0.29) is 24.4 Å². The summed E-state index contributed by atoms with van der Waals surface area (Å²) in [4.78, 5) is 15.3. The Morgan fingerprint density at radius 1 is 1.09 bits per heavy atom. The van der Waals surface area contributed by atoms with Gasteiger partial charge in [-0.05, 0) is 62.4 Å². The monoisotopic (exact) mass is 452 g/mol. The molecular formula is C27H36N2O4. The number of piperidine rings is 1. The van der Waals surface area contributed by atoms with Crippen molar-refractivity contribution in [1.82, 2.24) is 4.90 Å². The minimum absolute atomic E-state index is 0.0428. The fourth-order valence-corrected chi connectivity index (χ4v) is 5.83. The summed E-state index contributed by atoms with van der Waals surface area (Å²) in [6, 6.07) is 11.8. The maximum Gasteiger partial charge on any atom is 0.238 e. The van der Waals surface area contributed by atoms with Gasteiger partial charge in [-0.1, -0.05) is 25.0 Å². The molecule has 2 aliphatic rings. The van der Waals surface area contributed by atoms with Crippen molar-refractivity contribution in [1.29, 1.82) is 0 Å². The van der Waals surface area contributed by atoms with Crippen LogP contribution in [0.15, 0.2) is 36.4 Å². The zero-order chi connectivity index (χ0) is 23.6. The largest absolute Gasteiger partial charge is 0.497 e. The van der Waals surface area contributed by atoms with Crippen molar-refractivity contribution in [3.8, 4) is 11.5 Å². The Balaban J connectivity index is 1.63. The summed E-state index contributed by atoms with van der Waals surface area (Å²) < 4.78 is 11.1. The quantitative estimate of drug-likeness (QED) is 0.669. The van der Waals surface area contributed by atoms with Crippen molar-refractivity contribution in [2.75, 3.05) is 32.6 Å². The second kappa shape index (κ2) is 9.74. The lowest BCUT2D eigenvalue weighted by Gasteiger charge is -2.52. The van der Waals surface area contributed by atoms with Gasteiger partial charge in [0.2, 0.25) is 5.91 Å². The molecule has 4 rings (SSSR count). The predicted octanol–water partition coefficient (Wildman–Crippen LogP) is 4.63. The fourth-order valence-electron chi connectivity index (χ4n) is 5.83. The molecule has 1 aliphatic heterocycles. The molecule has 178 valence electrons. The van der Waals surface area contributed by atoms with Gasteiger partial charge in [0, 0.05) is 35.8 Å². The van der Waals surface area contributed by atoms with Crippen molar-refractivity contribution in [3.63, 3.8) is 0 Å². The van der Waals surface area contributed by atoms with Crippen LogP contribution in [0.2, 0.25) is 0 Å². The molecule has 2 fully saturated rings. The summed E-state index contributed by atoms with van der Waals surface area (Å²) in [5.41, 5.74) is 3.37. The third-order valence-corrected chi connectivity index (χ3v) is 7.28. The first-order chi connectivity index (χ1) is 15.8. The van der Waals surface area contributed by atoms with E-state index in [2.05, 4.69) is 16.3 Å². The summed E-state index contributed by atoms with van der Waals surface area (Å²) >= 11 is 0. The number of aryl methyl sites for hydroxylation is 2. The highest BCUT2D eigenvalue weighted by molar-refractivity contribution is 5.92. The van der Waals surface area contributed by atoms with Crippen LogP contribution in [0.3, 0.4) is 0 Å². The molecule has 1 saturated carbocycles. The van der Waals surface area contributed by atoms with E-state index in [0.29, 0.717) is 13.0 Å². The predicted molar refractivity (Wildman–Crippen MR) is 130 cm³/mol. The lowest BCUT2D eigenvalue weighted by atomic mass is 9.66. The number of likely N-dealkylation sites (tertiary alicyclic amines) is 1. The van der Waals surface area contributed by atoms with Crippen LogP contribution in [0.1, 0.15) is 54.8 Å². The highest BCUT2D eigenvalue weighted by atomic mass is 16.5. The van der Waals surface area contributed by atoms with E-state index < -0.39 is 5.60 Å². The minimum Gasteiger partial charge on any atom is -0.497 e. The molecule has 0 bridgehead atoms. The number of rotatable bonds is 6. The first-order valence-electron chi connectivity index (χ1n) is 11.9. The molecule has 2 N–H and O–H groups in total. The zero-order valence-electron chi connectivity index (χ0n) is 20.2. The van der Waals surface area contributed by atoms with E-state index in [1.54, 1.807) is 14.2 Å². The standard InChI is InChI=1S/C27H36N2O4/c1-18-13-19(2)15-20(14-18)28-25(30)17-29-12-11-27(31)10-6-5-7-23(27)26(29)22-9-8-21(32-3)16-24(22)33-4/h8-9,13-16,23,26,31H,5-7,10-12,17H2,1-4H3,(H,28,30)/t23?,26-,27?/m0/s1. The molecule has 3 atom stereocenters. The van der Waals surface area contributed by atoms with Gasteiger partial charge in [0.05, 0.1) is 26.4 Å². The Morgan fingerprint density at radius 3 is 2.55 bits per heavy atom. The first kappa shape index (κ1) is 23.6. The average Bonchev–Trinajstić information content (AvgIpc) is 2.78. The molecular weight excluding hydrogens is 416 g/mol. The highest BCUT2D eigenvalue weighted by Crippen LogP contribution is 2.51. The Hall–Kier alpha value is -2.57. The second-order valence-corrected chi connectivity index (χ2v) is 9.65. The smallest absolute Gasteiger partial charge is 0.238 e. The lowest BCUT2D eigenvalue weighted by molar-refractivity contribution is -0.135. The maximum atomic E-state index is 13.1. The normalized spacial score (nSPS) is 25.2. The molecule has 2 aromatic rings. The van der Waals surface area contributed by atoms with Gasteiger partial charge in [-0.15, -0.1) is 0 Å². The Morgan fingerprint density at radius 2 is 1.85 bits per heavy atom. The van der Waals surface area contributed by atoms with Gasteiger partial charge in [-0.2, -0.15) is 0 Å². The maximum absolute atomic E-state index is 13.1. The molecule has 0 radical (unpaired) electrons. The summed E-state index contributed by atoms with van der Waals surface area (Å²) in [5, 5.41) is 14.6. The van der Waals surface area contributed by atoms with Crippen LogP contribution in [0, 0.1) is 19.8 Å². The molecule has 33 heavy (non-hydrogen) atoms. The number of amides is 1. The molecule has 0 aromatic heterocycles. The molecule has 1 amide bonds. The molecule has 2 aromatic carbocycles. The number of benzene rings is 2. The van der Waals surface area contributed by atoms with Crippen LogP contribution in [0.4, 0.5) is 5.69 Å². The number of nitrogens with one attached hydrogen (secondary N) is 1. The average molecular weight is 453 g/mol. The number of carbonyl (C=O) groups is 1. The van der Waals surface area contributed by atoms with Crippen LogP contribution in [0.25, 0.3) is 0 Å².